The Bertz CT molecular complexity index is 657. The van der Waals surface area contributed by atoms with Crippen LogP contribution in [-0.4, -0.2) is 5.75 Å². The minimum Gasteiger partial charge on any atom is -0.306 e. The van der Waals surface area contributed by atoms with Gasteiger partial charge in [-0.2, -0.15) is 0 Å². The Hall–Kier alpha value is -0.670. The molecule has 0 fully saturated rings. The highest BCUT2D eigenvalue weighted by Crippen LogP contribution is 2.37. The highest BCUT2D eigenvalue weighted by atomic mass is 35.5. The van der Waals surface area contributed by atoms with E-state index in [2.05, 4.69) is 29.6 Å². The van der Waals surface area contributed by atoms with E-state index in [0.717, 1.165) is 34.3 Å². The van der Waals surface area contributed by atoms with E-state index in [1.54, 1.807) is 0 Å². The molecule has 0 bridgehead atoms. The maximum atomic E-state index is 6.19. The van der Waals surface area contributed by atoms with Gasteiger partial charge in [-0.05, 0) is 60.1 Å². The van der Waals surface area contributed by atoms with E-state index < -0.39 is 0 Å². The first-order chi connectivity index (χ1) is 10.1. The normalized spacial score (nSPS) is 17.6. The van der Waals surface area contributed by atoms with E-state index in [1.165, 1.54) is 16.0 Å². The molecular weight excluding hydrogens is 321 g/mol. The molecule has 1 aliphatic rings. The van der Waals surface area contributed by atoms with Gasteiger partial charge in [0.2, 0.25) is 0 Å². The quantitative estimate of drug-likeness (QED) is 0.778. The Labute approximate surface area is 140 Å². The van der Waals surface area contributed by atoms with E-state index in [9.17, 15) is 0 Å². The molecule has 110 valence electrons. The molecule has 1 heterocycles. The molecule has 0 aromatic heterocycles. The van der Waals surface area contributed by atoms with Crippen molar-refractivity contribution in [1.82, 2.24) is 5.32 Å². The number of hydrogen-bond donors (Lipinski definition) is 1. The van der Waals surface area contributed by atoms with Crippen LogP contribution in [0, 0.1) is 6.92 Å². The Morgan fingerprint density at radius 1 is 1.19 bits per heavy atom. The largest absolute Gasteiger partial charge is 0.306 e. The van der Waals surface area contributed by atoms with Crippen molar-refractivity contribution in [3.05, 3.63) is 63.1 Å². The molecule has 4 heteroatoms. The van der Waals surface area contributed by atoms with Gasteiger partial charge in [-0.3, -0.25) is 0 Å². The highest BCUT2D eigenvalue weighted by Gasteiger charge is 2.20. The second-order valence-electron chi connectivity index (χ2n) is 5.34. The van der Waals surface area contributed by atoms with Gasteiger partial charge in [-0.1, -0.05) is 35.3 Å². The standard InChI is InChI=1S/C17H17Cl2NS/c1-11-2-3-12(8-15(11)19)10-20-16-6-7-21-17-5-4-13(18)9-14(16)17/h2-5,8-9,16,20H,6-7,10H2,1H3. The van der Waals surface area contributed by atoms with Gasteiger partial charge in [-0.15, -0.1) is 11.8 Å². The predicted molar refractivity (Wildman–Crippen MR) is 92.6 cm³/mol. The van der Waals surface area contributed by atoms with Crippen molar-refractivity contribution in [2.75, 3.05) is 5.75 Å². The molecule has 2 aromatic carbocycles. The first-order valence-electron chi connectivity index (χ1n) is 7.04. The minimum absolute atomic E-state index is 0.361. The maximum absolute atomic E-state index is 6.19. The van der Waals surface area contributed by atoms with Crippen molar-refractivity contribution in [1.29, 1.82) is 0 Å². The molecule has 3 rings (SSSR count). The summed E-state index contributed by atoms with van der Waals surface area (Å²) < 4.78 is 0. The van der Waals surface area contributed by atoms with E-state index in [4.69, 9.17) is 23.2 Å². The van der Waals surface area contributed by atoms with Crippen LogP contribution in [0.3, 0.4) is 0 Å². The molecule has 0 spiro atoms. The molecule has 0 saturated carbocycles. The van der Waals surface area contributed by atoms with Gasteiger partial charge in [0.25, 0.3) is 0 Å². The summed E-state index contributed by atoms with van der Waals surface area (Å²) in [6, 6.07) is 12.8. The zero-order valence-electron chi connectivity index (χ0n) is 11.8. The number of nitrogens with one attached hydrogen (secondary N) is 1. The van der Waals surface area contributed by atoms with Gasteiger partial charge >= 0.3 is 0 Å². The molecular formula is C17H17Cl2NS. The Kier molecular flexibility index (Phi) is 4.80. The van der Waals surface area contributed by atoms with Crippen molar-refractivity contribution in [2.24, 2.45) is 0 Å². The van der Waals surface area contributed by atoms with Crippen molar-refractivity contribution in [3.63, 3.8) is 0 Å². The third kappa shape index (κ3) is 3.57. The number of benzene rings is 2. The number of fused-ring (bicyclic) bond motifs is 1. The monoisotopic (exact) mass is 337 g/mol. The smallest absolute Gasteiger partial charge is 0.0438 e. The van der Waals surface area contributed by atoms with Crippen LogP contribution in [0.15, 0.2) is 41.3 Å². The Morgan fingerprint density at radius 2 is 2.05 bits per heavy atom. The zero-order chi connectivity index (χ0) is 14.8. The SMILES string of the molecule is Cc1ccc(CNC2CCSc3ccc(Cl)cc32)cc1Cl. The van der Waals surface area contributed by atoms with Crippen molar-refractivity contribution >= 4 is 35.0 Å². The summed E-state index contributed by atoms with van der Waals surface area (Å²) in [4.78, 5) is 1.34. The van der Waals surface area contributed by atoms with Crippen LogP contribution < -0.4 is 5.32 Å². The summed E-state index contributed by atoms with van der Waals surface area (Å²) in [6.07, 6.45) is 1.12. The number of aryl methyl sites for hydroxylation is 1. The van der Waals surface area contributed by atoms with Gasteiger partial charge < -0.3 is 5.32 Å². The van der Waals surface area contributed by atoms with Crippen molar-refractivity contribution in [3.8, 4) is 0 Å². The average Bonchev–Trinajstić information content (AvgIpc) is 2.48. The second kappa shape index (κ2) is 6.62. The van der Waals surface area contributed by atoms with Crippen LogP contribution in [0.4, 0.5) is 0 Å². The molecule has 1 N–H and O–H groups in total. The molecule has 21 heavy (non-hydrogen) atoms. The zero-order valence-corrected chi connectivity index (χ0v) is 14.2. The fraction of sp³-hybridized carbons (Fsp3) is 0.294. The predicted octanol–water partition coefficient (Wildman–Crippen LogP) is 5.63. The van der Waals surface area contributed by atoms with E-state index >= 15 is 0 Å². The van der Waals surface area contributed by atoms with Crippen LogP contribution in [0.25, 0.3) is 0 Å². The number of rotatable bonds is 3. The molecule has 1 unspecified atom stereocenters. The summed E-state index contributed by atoms with van der Waals surface area (Å²) >= 11 is 14.2. The molecule has 1 aliphatic heterocycles. The molecule has 0 aliphatic carbocycles. The van der Waals surface area contributed by atoms with Gasteiger partial charge in [0.05, 0.1) is 0 Å². The summed E-state index contributed by atoms with van der Waals surface area (Å²) in [6.45, 7) is 2.84. The van der Waals surface area contributed by atoms with E-state index in [-0.39, 0.29) is 0 Å². The topological polar surface area (TPSA) is 12.0 Å². The molecule has 0 radical (unpaired) electrons. The lowest BCUT2D eigenvalue weighted by Crippen LogP contribution is -2.24. The van der Waals surface area contributed by atoms with Gasteiger partial charge in [0, 0.05) is 27.5 Å². The van der Waals surface area contributed by atoms with Crippen molar-refractivity contribution in [2.45, 2.75) is 30.8 Å². The fourth-order valence-corrected chi connectivity index (χ4v) is 4.05. The maximum Gasteiger partial charge on any atom is 0.0438 e. The van der Waals surface area contributed by atoms with E-state index in [1.807, 2.05) is 30.8 Å². The van der Waals surface area contributed by atoms with Gasteiger partial charge in [-0.25, -0.2) is 0 Å². The van der Waals surface area contributed by atoms with Crippen LogP contribution in [0.5, 0.6) is 0 Å². The Morgan fingerprint density at radius 3 is 2.86 bits per heavy atom. The number of halogens is 2. The first-order valence-corrected chi connectivity index (χ1v) is 8.78. The number of thioether (sulfide) groups is 1. The minimum atomic E-state index is 0.361. The fourth-order valence-electron chi connectivity index (χ4n) is 2.56. The second-order valence-corrected chi connectivity index (χ2v) is 7.32. The molecule has 1 atom stereocenters. The van der Waals surface area contributed by atoms with Gasteiger partial charge in [0.1, 0.15) is 0 Å². The summed E-state index contributed by atoms with van der Waals surface area (Å²) in [5, 5.41) is 5.27. The lowest BCUT2D eigenvalue weighted by molar-refractivity contribution is 0.510. The molecule has 0 amide bonds. The molecule has 0 saturated heterocycles. The summed E-state index contributed by atoms with van der Waals surface area (Å²) in [5.74, 6) is 1.14. The third-order valence-corrected chi connectivity index (χ3v) is 5.57. The van der Waals surface area contributed by atoms with Crippen LogP contribution in [0.2, 0.25) is 10.0 Å². The first kappa shape index (κ1) is 15.2. The molecule has 1 nitrogen and oxygen atoms in total. The van der Waals surface area contributed by atoms with E-state index in [0.29, 0.717) is 6.04 Å². The molecule has 2 aromatic rings. The van der Waals surface area contributed by atoms with Crippen LogP contribution in [0.1, 0.15) is 29.2 Å². The average molecular weight is 338 g/mol. The number of hydrogen-bond acceptors (Lipinski definition) is 2. The van der Waals surface area contributed by atoms with Gasteiger partial charge in [0.15, 0.2) is 0 Å². The Balaban J connectivity index is 1.74. The van der Waals surface area contributed by atoms with Crippen molar-refractivity contribution < 1.29 is 0 Å². The van der Waals surface area contributed by atoms with Crippen LogP contribution >= 0.6 is 35.0 Å². The lowest BCUT2D eigenvalue weighted by atomic mass is 10.0. The summed E-state index contributed by atoms with van der Waals surface area (Å²) in [7, 11) is 0. The highest BCUT2D eigenvalue weighted by molar-refractivity contribution is 7.99. The lowest BCUT2D eigenvalue weighted by Gasteiger charge is -2.26. The summed E-state index contributed by atoms with van der Waals surface area (Å²) in [5.41, 5.74) is 3.65. The van der Waals surface area contributed by atoms with Crippen LogP contribution in [-0.2, 0) is 6.54 Å². The third-order valence-electron chi connectivity index (χ3n) is 3.80.